The van der Waals surface area contributed by atoms with E-state index in [4.69, 9.17) is 12.6 Å². The van der Waals surface area contributed by atoms with Crippen molar-refractivity contribution in [1.29, 1.82) is 0 Å². The number of hydrogen-bond acceptors (Lipinski definition) is 3. The van der Waals surface area contributed by atoms with Crippen molar-refractivity contribution in [2.75, 3.05) is 0 Å². The van der Waals surface area contributed by atoms with E-state index in [0.717, 1.165) is 12.8 Å². The Bertz CT molecular complexity index is 384. The van der Waals surface area contributed by atoms with Gasteiger partial charge in [0, 0.05) is 0 Å². The van der Waals surface area contributed by atoms with Crippen LogP contribution in [-0.4, -0.2) is 17.0 Å². The van der Waals surface area contributed by atoms with E-state index in [2.05, 4.69) is 16.9 Å². The fourth-order valence-corrected chi connectivity index (χ4v) is 2.21. The van der Waals surface area contributed by atoms with Crippen LogP contribution < -0.4 is 34.9 Å². The van der Waals surface area contributed by atoms with E-state index in [1.54, 1.807) is 6.08 Å². The molecule has 0 aromatic carbocycles. The zero-order valence-corrected chi connectivity index (χ0v) is 14.0. The Kier molecular flexibility index (Phi) is 7.29. The topological polar surface area (TPSA) is 58.5 Å². The van der Waals surface area contributed by atoms with Crippen molar-refractivity contribution in [1.82, 2.24) is 5.32 Å². The molecule has 0 spiro atoms. The summed E-state index contributed by atoms with van der Waals surface area (Å²) in [6.07, 6.45) is 3.81. The Balaban J connectivity index is 0.00000289. The second-order valence-electron chi connectivity index (χ2n) is 4.28. The van der Waals surface area contributed by atoms with Crippen molar-refractivity contribution in [3.05, 3.63) is 12.7 Å². The van der Waals surface area contributed by atoms with Crippen LogP contribution in [0.2, 0.25) is 0 Å². The predicted octanol–water partition coefficient (Wildman–Crippen LogP) is -1.45. The van der Waals surface area contributed by atoms with E-state index in [9.17, 15) is 9.59 Å². The van der Waals surface area contributed by atoms with Crippen LogP contribution in [0, 0.1) is 11.3 Å². The van der Waals surface area contributed by atoms with Crippen molar-refractivity contribution in [2.45, 2.75) is 33.1 Å². The van der Waals surface area contributed by atoms with Crippen molar-refractivity contribution >= 4 is 29.6 Å². The van der Waals surface area contributed by atoms with Crippen LogP contribution in [0.4, 0.5) is 0 Å². The molecule has 0 radical (unpaired) electrons. The largest absolute Gasteiger partial charge is 1.00 e. The van der Waals surface area contributed by atoms with Gasteiger partial charge in [0.1, 0.15) is 5.41 Å². The van der Waals surface area contributed by atoms with Crippen molar-refractivity contribution in [3.8, 4) is 0 Å². The van der Waals surface area contributed by atoms with Gasteiger partial charge in [-0.1, -0.05) is 32.8 Å². The van der Waals surface area contributed by atoms with Crippen LogP contribution >= 0.6 is 0 Å². The molecule has 0 fully saturated rings. The third-order valence-electron chi connectivity index (χ3n) is 3.27. The van der Waals surface area contributed by atoms with E-state index in [1.165, 1.54) is 0 Å². The maximum absolute atomic E-state index is 12.1. The fourth-order valence-electron chi connectivity index (χ4n) is 2.03. The number of carbonyl (C=O) groups is 2. The smallest absolute Gasteiger partial charge is 0.742 e. The molecule has 2 unspecified atom stereocenters. The van der Waals surface area contributed by atoms with Gasteiger partial charge in [-0.25, -0.2) is 4.99 Å². The average Bonchev–Trinajstić information content (AvgIpc) is 2.27. The van der Waals surface area contributed by atoms with Crippen LogP contribution in [0.25, 0.3) is 0 Å². The second-order valence-corrected chi connectivity index (χ2v) is 4.66. The van der Waals surface area contributed by atoms with E-state index < -0.39 is 11.3 Å². The summed E-state index contributed by atoms with van der Waals surface area (Å²) < 4.78 is 0. The van der Waals surface area contributed by atoms with Gasteiger partial charge in [-0.05, 0) is 17.5 Å². The summed E-state index contributed by atoms with van der Waals surface area (Å²) in [5.41, 5.74) is -1.12. The van der Waals surface area contributed by atoms with Crippen LogP contribution in [0.3, 0.4) is 0 Å². The predicted molar refractivity (Wildman–Crippen MR) is 69.3 cm³/mol. The molecule has 1 aliphatic rings. The Labute approximate surface area is 135 Å². The van der Waals surface area contributed by atoms with Crippen LogP contribution in [-0.2, 0) is 22.2 Å². The molecular weight excluding hydrogens is 259 g/mol. The molecule has 2 atom stereocenters. The Morgan fingerprint density at radius 1 is 1.56 bits per heavy atom. The standard InChI is InChI=1S/C12H18N2O2S.Na/c1-4-6-7-12(8(3)5-2)9(15)13-11(17)14-10(12)16;/h5,8H,2,4,6-7H2,1,3H3,(H2,13,14,15,16,17);/q;+1/p-1. The van der Waals surface area contributed by atoms with Crippen LogP contribution in [0.15, 0.2) is 17.6 Å². The maximum Gasteiger partial charge on any atom is 1.00 e. The Morgan fingerprint density at radius 3 is 2.61 bits per heavy atom. The third kappa shape index (κ3) is 3.20. The first-order valence-corrected chi connectivity index (χ1v) is 6.14. The molecule has 0 aliphatic carbocycles. The molecule has 0 saturated heterocycles. The van der Waals surface area contributed by atoms with Gasteiger partial charge in [-0.2, -0.15) is 0 Å². The minimum Gasteiger partial charge on any atom is -0.742 e. The normalized spacial score (nSPS) is 24.7. The average molecular weight is 276 g/mol. The van der Waals surface area contributed by atoms with Crippen LogP contribution in [0.1, 0.15) is 33.1 Å². The minimum atomic E-state index is -1.12. The molecule has 6 heteroatoms. The molecule has 0 saturated carbocycles. The summed E-state index contributed by atoms with van der Waals surface area (Å²) in [5, 5.41) is 2.44. The molecule has 0 bridgehead atoms. The molecule has 4 nitrogen and oxygen atoms in total. The number of amidine groups is 1. The third-order valence-corrected chi connectivity index (χ3v) is 3.46. The first kappa shape index (κ1) is 17.8. The number of amides is 2. The van der Waals surface area contributed by atoms with E-state index in [-0.39, 0.29) is 46.6 Å². The number of rotatable bonds is 5. The number of allylic oxidation sites excluding steroid dienone is 1. The zero-order valence-electron chi connectivity index (χ0n) is 11.2. The number of aliphatic imine (C=N–C) groups is 1. The molecule has 1 N–H and O–H groups in total. The zero-order chi connectivity index (χ0) is 13.1. The molecular formula is C12H17N2NaO2S. The molecule has 1 rings (SSSR count). The van der Waals surface area contributed by atoms with E-state index >= 15 is 0 Å². The van der Waals surface area contributed by atoms with Gasteiger partial charge in [0.2, 0.25) is 5.91 Å². The van der Waals surface area contributed by atoms with Gasteiger partial charge >= 0.3 is 29.6 Å². The molecule has 2 amide bonds. The summed E-state index contributed by atoms with van der Waals surface area (Å²) in [4.78, 5) is 27.9. The van der Waals surface area contributed by atoms with E-state index in [0.29, 0.717) is 6.42 Å². The fraction of sp³-hybridized carbons (Fsp3) is 0.583. The molecule has 1 aliphatic heterocycles. The minimum absolute atomic E-state index is 0. The summed E-state index contributed by atoms with van der Waals surface area (Å²) in [6.45, 7) is 7.49. The summed E-state index contributed by atoms with van der Waals surface area (Å²) in [6, 6.07) is 0. The van der Waals surface area contributed by atoms with Gasteiger partial charge in [0.05, 0.1) is 0 Å². The summed E-state index contributed by atoms with van der Waals surface area (Å²) in [5.74, 6) is -1.04. The Morgan fingerprint density at radius 2 is 2.17 bits per heavy atom. The molecule has 94 valence electrons. The van der Waals surface area contributed by atoms with Gasteiger partial charge in [0.25, 0.3) is 5.91 Å². The SMILES string of the molecule is C=CC(C)C1(CCCC)C(=O)N=C([S-])NC1=O.[Na+]. The van der Waals surface area contributed by atoms with Crippen molar-refractivity contribution < 1.29 is 39.1 Å². The van der Waals surface area contributed by atoms with Gasteiger partial charge < -0.3 is 17.9 Å². The molecule has 0 aromatic heterocycles. The Hall–Kier alpha value is -0.230. The molecule has 18 heavy (non-hydrogen) atoms. The number of unbranched alkanes of at least 4 members (excludes halogenated alkanes) is 1. The quantitative estimate of drug-likeness (QED) is 0.289. The van der Waals surface area contributed by atoms with Gasteiger partial charge in [-0.3, -0.25) is 9.59 Å². The van der Waals surface area contributed by atoms with Crippen LogP contribution in [0.5, 0.6) is 0 Å². The first-order chi connectivity index (χ1) is 7.98. The van der Waals surface area contributed by atoms with E-state index in [1.807, 2.05) is 13.8 Å². The maximum atomic E-state index is 12.1. The number of nitrogens with zero attached hydrogens (tertiary/aromatic N) is 1. The summed E-state index contributed by atoms with van der Waals surface area (Å²) >= 11 is 4.75. The first-order valence-electron chi connectivity index (χ1n) is 5.73. The number of nitrogens with one attached hydrogen (secondary N) is 1. The number of hydrogen-bond donors (Lipinski definition) is 1. The van der Waals surface area contributed by atoms with Gasteiger partial charge in [0.15, 0.2) is 0 Å². The number of carbonyl (C=O) groups excluding carboxylic acids is 2. The van der Waals surface area contributed by atoms with Crippen molar-refractivity contribution in [2.24, 2.45) is 16.3 Å². The monoisotopic (exact) mass is 276 g/mol. The molecule has 0 aromatic rings. The summed E-state index contributed by atoms with van der Waals surface area (Å²) in [7, 11) is 0. The second kappa shape index (κ2) is 7.38. The van der Waals surface area contributed by atoms with Gasteiger partial charge in [-0.15, -0.1) is 6.58 Å². The molecule has 1 heterocycles. The van der Waals surface area contributed by atoms with Crippen molar-refractivity contribution in [3.63, 3.8) is 0 Å².